The number of carbonyl (C=O) groups excluding carboxylic acids is 1. The van der Waals surface area contributed by atoms with E-state index in [4.69, 9.17) is 9.47 Å². The molecule has 1 aromatic rings. The molecule has 1 amide bonds. The van der Waals surface area contributed by atoms with Crippen LogP contribution >= 0.6 is 0 Å². The third-order valence-corrected chi connectivity index (χ3v) is 2.77. The fourth-order valence-electron chi connectivity index (χ4n) is 1.47. The van der Waals surface area contributed by atoms with Gasteiger partial charge >= 0.3 is 12.5 Å². The van der Waals surface area contributed by atoms with Crippen LogP contribution in [0.5, 0.6) is 5.75 Å². The molecule has 8 heteroatoms. The summed E-state index contributed by atoms with van der Waals surface area (Å²) in [5, 5.41) is 2.54. The first-order valence-corrected chi connectivity index (χ1v) is 6.15. The lowest BCUT2D eigenvalue weighted by Crippen LogP contribution is -2.32. The number of ether oxygens (including phenoxy) is 3. The Morgan fingerprint density at radius 2 is 2.00 bits per heavy atom. The molecule has 0 bridgehead atoms. The van der Waals surface area contributed by atoms with Gasteiger partial charge in [-0.3, -0.25) is 0 Å². The SMILES string of the molecule is CC1(CNC(=O)OCc2ccc(OC(F)(F)F)cc2)CO1. The minimum absolute atomic E-state index is 0.0459. The zero-order valence-electron chi connectivity index (χ0n) is 11.2. The summed E-state index contributed by atoms with van der Waals surface area (Å²) in [5.41, 5.74) is 0.240. The number of alkyl carbamates (subject to hydrolysis) is 1. The Labute approximate surface area is 119 Å². The molecule has 1 aromatic carbocycles. The minimum atomic E-state index is -4.72. The molecule has 1 heterocycles. The highest BCUT2D eigenvalue weighted by Gasteiger charge is 2.39. The molecule has 0 saturated carbocycles. The van der Waals surface area contributed by atoms with Crippen molar-refractivity contribution in [1.29, 1.82) is 0 Å². The zero-order valence-corrected chi connectivity index (χ0v) is 11.2. The first kappa shape index (κ1) is 15.4. The van der Waals surface area contributed by atoms with Crippen LogP contribution in [0.1, 0.15) is 12.5 Å². The summed E-state index contributed by atoms with van der Waals surface area (Å²) in [7, 11) is 0. The van der Waals surface area contributed by atoms with Crippen LogP contribution in [-0.2, 0) is 16.1 Å². The van der Waals surface area contributed by atoms with Crippen molar-refractivity contribution >= 4 is 6.09 Å². The molecule has 1 aliphatic heterocycles. The molecule has 1 unspecified atom stereocenters. The van der Waals surface area contributed by atoms with Gasteiger partial charge in [-0.15, -0.1) is 13.2 Å². The van der Waals surface area contributed by atoms with Crippen LogP contribution in [0.25, 0.3) is 0 Å². The van der Waals surface area contributed by atoms with E-state index in [0.717, 1.165) is 12.1 Å². The number of carbonyl (C=O) groups is 1. The molecular formula is C13H14F3NO4. The Bertz CT molecular complexity index is 497. The first-order valence-electron chi connectivity index (χ1n) is 6.15. The van der Waals surface area contributed by atoms with Crippen molar-refractivity contribution in [2.75, 3.05) is 13.2 Å². The van der Waals surface area contributed by atoms with E-state index < -0.39 is 12.5 Å². The number of alkyl halides is 3. The van der Waals surface area contributed by atoms with Crippen LogP contribution < -0.4 is 10.1 Å². The van der Waals surface area contributed by atoms with Crippen molar-refractivity contribution < 1.29 is 32.2 Å². The van der Waals surface area contributed by atoms with Gasteiger partial charge in [0.05, 0.1) is 13.2 Å². The third kappa shape index (κ3) is 5.50. The topological polar surface area (TPSA) is 60.1 Å². The third-order valence-electron chi connectivity index (χ3n) is 2.77. The number of amides is 1. The lowest BCUT2D eigenvalue weighted by Gasteiger charge is -2.10. The molecule has 5 nitrogen and oxygen atoms in total. The highest BCUT2D eigenvalue weighted by atomic mass is 19.4. The Kier molecular flexibility index (Phi) is 4.26. The maximum atomic E-state index is 12.0. The molecule has 1 N–H and O–H groups in total. The van der Waals surface area contributed by atoms with Gasteiger partial charge in [-0.1, -0.05) is 12.1 Å². The first-order chi connectivity index (χ1) is 9.76. The van der Waals surface area contributed by atoms with Gasteiger partial charge in [0.15, 0.2) is 0 Å². The van der Waals surface area contributed by atoms with E-state index in [9.17, 15) is 18.0 Å². The fourth-order valence-corrected chi connectivity index (χ4v) is 1.47. The summed E-state index contributed by atoms with van der Waals surface area (Å²) in [6.07, 6.45) is -5.33. The molecule has 0 aromatic heterocycles. The van der Waals surface area contributed by atoms with Crippen molar-refractivity contribution in [3.63, 3.8) is 0 Å². The smallest absolute Gasteiger partial charge is 0.445 e. The maximum Gasteiger partial charge on any atom is 0.573 e. The summed E-state index contributed by atoms with van der Waals surface area (Å²) in [5.74, 6) is -0.325. The fraction of sp³-hybridized carbons (Fsp3) is 0.462. The molecule has 0 spiro atoms. The van der Waals surface area contributed by atoms with Gasteiger partial charge in [0, 0.05) is 0 Å². The van der Waals surface area contributed by atoms with Crippen LogP contribution in [0.15, 0.2) is 24.3 Å². The number of rotatable bonds is 5. The lowest BCUT2D eigenvalue weighted by atomic mass is 10.2. The molecule has 0 aliphatic carbocycles. The molecule has 1 fully saturated rings. The second-order valence-electron chi connectivity index (χ2n) is 4.86. The van der Waals surface area contributed by atoms with Gasteiger partial charge in [0.2, 0.25) is 0 Å². The predicted molar refractivity (Wildman–Crippen MR) is 65.7 cm³/mol. The molecule has 116 valence electrons. The number of halogens is 3. The van der Waals surface area contributed by atoms with E-state index >= 15 is 0 Å². The van der Waals surface area contributed by atoms with Crippen LogP contribution in [0.2, 0.25) is 0 Å². The summed E-state index contributed by atoms with van der Waals surface area (Å²) >= 11 is 0. The Morgan fingerprint density at radius 3 is 2.52 bits per heavy atom. The number of nitrogens with one attached hydrogen (secondary N) is 1. The van der Waals surface area contributed by atoms with Gasteiger partial charge in [-0.2, -0.15) is 0 Å². The molecule has 1 saturated heterocycles. The number of hydrogen-bond donors (Lipinski definition) is 1. The number of benzene rings is 1. The molecule has 1 aliphatic rings. The molecule has 2 rings (SSSR count). The molecule has 0 radical (unpaired) electrons. The van der Waals surface area contributed by atoms with Crippen LogP contribution in [0.3, 0.4) is 0 Å². The normalized spacial score (nSPS) is 20.8. The molecule has 1 atom stereocenters. The predicted octanol–water partition coefficient (Wildman–Crippen LogP) is 2.60. The molecule has 21 heavy (non-hydrogen) atoms. The van der Waals surface area contributed by atoms with Crippen LogP contribution in [0.4, 0.5) is 18.0 Å². The summed E-state index contributed by atoms with van der Waals surface area (Å²) in [6, 6.07) is 5.09. The average Bonchev–Trinajstić information content (AvgIpc) is 3.12. The number of epoxide rings is 1. The quantitative estimate of drug-likeness (QED) is 0.850. The maximum absolute atomic E-state index is 12.0. The van der Waals surface area contributed by atoms with E-state index in [1.165, 1.54) is 12.1 Å². The standard InChI is InChI=1S/C13H14F3NO4/c1-12(8-20-12)7-17-11(18)19-6-9-2-4-10(5-3-9)21-13(14,15)16/h2-5H,6-8H2,1H3,(H,17,18). The van der Waals surface area contributed by atoms with Crippen molar-refractivity contribution in [3.8, 4) is 5.75 Å². The van der Waals surface area contributed by atoms with Gasteiger partial charge in [-0.25, -0.2) is 4.79 Å². The van der Waals surface area contributed by atoms with Gasteiger partial charge in [0.1, 0.15) is 18.0 Å². The average molecular weight is 305 g/mol. The van der Waals surface area contributed by atoms with Gasteiger partial charge in [-0.05, 0) is 24.6 Å². The Hall–Kier alpha value is -1.96. The van der Waals surface area contributed by atoms with E-state index in [2.05, 4.69) is 10.1 Å². The zero-order chi connectivity index (χ0) is 15.5. The second kappa shape index (κ2) is 5.80. The van der Waals surface area contributed by atoms with E-state index in [1.54, 1.807) is 0 Å². The van der Waals surface area contributed by atoms with Crippen molar-refractivity contribution in [1.82, 2.24) is 5.32 Å². The molecular weight excluding hydrogens is 291 g/mol. The summed E-state index contributed by atoms with van der Waals surface area (Å²) < 4.78 is 49.7. The Balaban J connectivity index is 1.74. The summed E-state index contributed by atoms with van der Waals surface area (Å²) in [6.45, 7) is 2.75. The van der Waals surface area contributed by atoms with Crippen molar-refractivity contribution in [2.24, 2.45) is 0 Å². The van der Waals surface area contributed by atoms with E-state index in [1.807, 2.05) is 6.92 Å². The van der Waals surface area contributed by atoms with E-state index in [0.29, 0.717) is 18.7 Å². The second-order valence-corrected chi connectivity index (χ2v) is 4.86. The minimum Gasteiger partial charge on any atom is -0.445 e. The highest BCUT2D eigenvalue weighted by molar-refractivity contribution is 5.67. The summed E-state index contributed by atoms with van der Waals surface area (Å²) in [4.78, 5) is 11.4. The van der Waals surface area contributed by atoms with Gasteiger partial charge in [0.25, 0.3) is 0 Å². The van der Waals surface area contributed by atoms with E-state index in [-0.39, 0.29) is 18.0 Å². The van der Waals surface area contributed by atoms with Gasteiger partial charge < -0.3 is 19.5 Å². The van der Waals surface area contributed by atoms with Crippen molar-refractivity contribution in [3.05, 3.63) is 29.8 Å². The van der Waals surface area contributed by atoms with Crippen LogP contribution in [0, 0.1) is 0 Å². The number of hydrogen-bond acceptors (Lipinski definition) is 4. The lowest BCUT2D eigenvalue weighted by molar-refractivity contribution is -0.274. The Morgan fingerprint density at radius 1 is 1.38 bits per heavy atom. The highest BCUT2D eigenvalue weighted by Crippen LogP contribution is 2.24. The van der Waals surface area contributed by atoms with Crippen molar-refractivity contribution in [2.45, 2.75) is 25.5 Å². The van der Waals surface area contributed by atoms with Crippen LogP contribution in [-0.4, -0.2) is 31.2 Å². The monoisotopic (exact) mass is 305 g/mol. The largest absolute Gasteiger partial charge is 0.573 e.